The number of aryl methyl sites for hydroxylation is 1. The van der Waals surface area contributed by atoms with Gasteiger partial charge in [-0.3, -0.25) is 9.59 Å². The van der Waals surface area contributed by atoms with Gasteiger partial charge in [0.25, 0.3) is 5.91 Å². The molecule has 1 aliphatic rings. The first-order valence-electron chi connectivity index (χ1n) is 9.25. The topological polar surface area (TPSA) is 68.5 Å². The van der Waals surface area contributed by atoms with Gasteiger partial charge in [-0.05, 0) is 48.7 Å². The van der Waals surface area contributed by atoms with Crippen molar-refractivity contribution in [3.8, 4) is 16.9 Å². The number of benzene rings is 2. The number of ketones is 1. The van der Waals surface area contributed by atoms with E-state index in [1.807, 2.05) is 43.3 Å². The van der Waals surface area contributed by atoms with E-state index in [1.165, 1.54) is 6.26 Å². The molecule has 0 radical (unpaired) electrons. The van der Waals surface area contributed by atoms with Gasteiger partial charge in [0, 0.05) is 17.5 Å². The van der Waals surface area contributed by atoms with Crippen LogP contribution in [0.15, 0.2) is 59.2 Å². The number of fused-ring (bicyclic) bond motifs is 1. The molecule has 5 nitrogen and oxygen atoms in total. The number of carbonyl (C=O) groups excluding carboxylic acids is 2. The summed E-state index contributed by atoms with van der Waals surface area (Å²) in [6.07, 6.45) is 2.07. The van der Waals surface area contributed by atoms with Crippen LogP contribution in [0.4, 0.5) is 0 Å². The quantitative estimate of drug-likeness (QED) is 0.679. The molecule has 142 valence electrons. The predicted octanol–water partition coefficient (Wildman–Crippen LogP) is 4.19. The monoisotopic (exact) mass is 375 g/mol. The van der Waals surface area contributed by atoms with Crippen molar-refractivity contribution in [3.05, 3.63) is 77.2 Å². The normalized spacial score (nSPS) is 15.0. The average Bonchev–Trinajstić information content (AvgIpc) is 3.31. The van der Waals surface area contributed by atoms with Crippen molar-refractivity contribution < 1.29 is 18.7 Å². The molecule has 1 atom stereocenters. The van der Waals surface area contributed by atoms with E-state index in [1.54, 1.807) is 13.0 Å². The molecule has 3 aromatic rings. The number of amides is 1. The van der Waals surface area contributed by atoms with E-state index < -0.39 is 0 Å². The lowest BCUT2D eigenvalue weighted by Gasteiger charge is -2.11. The van der Waals surface area contributed by atoms with E-state index >= 15 is 0 Å². The summed E-state index contributed by atoms with van der Waals surface area (Å²) < 4.78 is 11.2. The lowest BCUT2D eigenvalue weighted by atomic mass is 9.95. The van der Waals surface area contributed by atoms with Crippen LogP contribution in [0.25, 0.3) is 11.1 Å². The molecule has 0 fully saturated rings. The van der Waals surface area contributed by atoms with Gasteiger partial charge in [0.1, 0.15) is 11.9 Å². The third-order valence-electron chi connectivity index (χ3n) is 4.98. The minimum atomic E-state index is -0.238. The lowest BCUT2D eigenvalue weighted by molar-refractivity contribution is 0.0904. The van der Waals surface area contributed by atoms with Crippen molar-refractivity contribution >= 4 is 11.7 Å². The standard InChI is InChI=1S/C23H21NO4/c1-14-9-10-27-22(14)23(26)24-13-18-12-17-11-16(7-8-21(17)28-18)20-6-4-3-5-19(20)15(2)25/h3-11,18H,12-13H2,1-2H3,(H,24,26)/t18-/m1/s1. The molecule has 1 amide bonds. The van der Waals surface area contributed by atoms with Crippen molar-refractivity contribution in [3.63, 3.8) is 0 Å². The fourth-order valence-electron chi connectivity index (χ4n) is 3.54. The molecule has 1 N–H and O–H groups in total. The van der Waals surface area contributed by atoms with Crippen LogP contribution in [0, 0.1) is 6.92 Å². The number of rotatable bonds is 5. The van der Waals surface area contributed by atoms with Gasteiger partial charge in [-0.1, -0.05) is 30.3 Å². The van der Waals surface area contributed by atoms with Gasteiger partial charge in [0.15, 0.2) is 11.5 Å². The van der Waals surface area contributed by atoms with Gasteiger partial charge in [0.2, 0.25) is 0 Å². The molecule has 0 aliphatic carbocycles. The highest BCUT2D eigenvalue weighted by Crippen LogP contribution is 2.34. The zero-order valence-corrected chi connectivity index (χ0v) is 15.8. The maximum absolute atomic E-state index is 12.2. The Bertz CT molecular complexity index is 1050. The van der Waals surface area contributed by atoms with Crippen molar-refractivity contribution in [2.45, 2.75) is 26.4 Å². The van der Waals surface area contributed by atoms with Crippen molar-refractivity contribution in [1.82, 2.24) is 5.32 Å². The van der Waals surface area contributed by atoms with Crippen LogP contribution in [0.5, 0.6) is 5.75 Å². The molecule has 0 saturated heterocycles. The van der Waals surface area contributed by atoms with E-state index in [2.05, 4.69) is 11.4 Å². The van der Waals surface area contributed by atoms with Crippen LogP contribution in [0.3, 0.4) is 0 Å². The fourth-order valence-corrected chi connectivity index (χ4v) is 3.54. The predicted molar refractivity (Wildman–Crippen MR) is 106 cm³/mol. The lowest BCUT2D eigenvalue weighted by Crippen LogP contribution is -2.34. The van der Waals surface area contributed by atoms with Gasteiger partial charge < -0.3 is 14.5 Å². The Labute approximate surface area is 163 Å². The number of ether oxygens (including phenoxy) is 1. The molecule has 0 saturated carbocycles. The first kappa shape index (κ1) is 18.0. The third-order valence-corrected chi connectivity index (χ3v) is 4.98. The summed E-state index contributed by atoms with van der Waals surface area (Å²) in [7, 11) is 0. The maximum Gasteiger partial charge on any atom is 0.287 e. The molecule has 4 rings (SSSR count). The Morgan fingerprint density at radius 3 is 2.71 bits per heavy atom. The van der Waals surface area contributed by atoms with Gasteiger partial charge in [0.05, 0.1) is 12.8 Å². The molecular weight excluding hydrogens is 354 g/mol. The first-order valence-corrected chi connectivity index (χ1v) is 9.25. The average molecular weight is 375 g/mol. The largest absolute Gasteiger partial charge is 0.488 e. The number of hydrogen-bond acceptors (Lipinski definition) is 4. The summed E-state index contributed by atoms with van der Waals surface area (Å²) in [5, 5.41) is 2.87. The fraction of sp³-hybridized carbons (Fsp3) is 0.217. The highest BCUT2D eigenvalue weighted by Gasteiger charge is 2.25. The second kappa shape index (κ2) is 7.35. The molecule has 2 heterocycles. The van der Waals surface area contributed by atoms with Crippen LogP contribution in [-0.2, 0) is 6.42 Å². The summed E-state index contributed by atoms with van der Waals surface area (Å²) in [6.45, 7) is 3.81. The number of hydrogen-bond donors (Lipinski definition) is 1. The molecule has 0 spiro atoms. The Morgan fingerprint density at radius 1 is 1.14 bits per heavy atom. The first-order chi connectivity index (χ1) is 13.5. The molecule has 0 unspecified atom stereocenters. The molecule has 2 aromatic carbocycles. The van der Waals surface area contributed by atoms with E-state index in [4.69, 9.17) is 9.15 Å². The van der Waals surface area contributed by atoms with E-state index in [0.29, 0.717) is 24.3 Å². The molecular formula is C23H21NO4. The minimum Gasteiger partial charge on any atom is -0.488 e. The van der Waals surface area contributed by atoms with E-state index in [-0.39, 0.29) is 17.8 Å². The van der Waals surface area contributed by atoms with Gasteiger partial charge in [-0.15, -0.1) is 0 Å². The van der Waals surface area contributed by atoms with Crippen molar-refractivity contribution in [2.24, 2.45) is 0 Å². The molecule has 1 aromatic heterocycles. The highest BCUT2D eigenvalue weighted by molar-refractivity contribution is 6.00. The van der Waals surface area contributed by atoms with Crippen molar-refractivity contribution in [1.29, 1.82) is 0 Å². The van der Waals surface area contributed by atoms with E-state index in [0.717, 1.165) is 28.0 Å². The van der Waals surface area contributed by atoms with Crippen molar-refractivity contribution in [2.75, 3.05) is 6.54 Å². The Balaban J connectivity index is 1.47. The second-order valence-corrected chi connectivity index (χ2v) is 7.01. The number of Topliss-reactive ketones (excluding diaryl/α,β-unsaturated/α-hetero) is 1. The second-order valence-electron chi connectivity index (χ2n) is 7.01. The smallest absolute Gasteiger partial charge is 0.287 e. The maximum atomic E-state index is 12.2. The van der Waals surface area contributed by atoms with Gasteiger partial charge in [-0.25, -0.2) is 0 Å². The molecule has 1 aliphatic heterocycles. The van der Waals surface area contributed by atoms with Crippen LogP contribution < -0.4 is 10.1 Å². The van der Waals surface area contributed by atoms with Crippen LogP contribution in [0.2, 0.25) is 0 Å². The molecule has 5 heteroatoms. The van der Waals surface area contributed by atoms with Gasteiger partial charge in [-0.2, -0.15) is 0 Å². The summed E-state index contributed by atoms with van der Waals surface area (Å²) in [4.78, 5) is 24.1. The Morgan fingerprint density at radius 2 is 1.96 bits per heavy atom. The molecule has 28 heavy (non-hydrogen) atoms. The van der Waals surface area contributed by atoms with E-state index in [9.17, 15) is 9.59 Å². The zero-order chi connectivity index (χ0) is 19.7. The number of carbonyl (C=O) groups is 2. The minimum absolute atomic E-state index is 0.0427. The van der Waals surface area contributed by atoms with Gasteiger partial charge >= 0.3 is 0 Å². The van der Waals surface area contributed by atoms with Crippen LogP contribution in [0.1, 0.15) is 39.0 Å². The summed E-state index contributed by atoms with van der Waals surface area (Å²) in [5.74, 6) is 0.954. The highest BCUT2D eigenvalue weighted by atomic mass is 16.5. The third kappa shape index (κ3) is 3.43. The zero-order valence-electron chi connectivity index (χ0n) is 15.8. The summed E-state index contributed by atoms with van der Waals surface area (Å²) >= 11 is 0. The Hall–Kier alpha value is -3.34. The summed E-state index contributed by atoms with van der Waals surface area (Å²) in [6, 6.07) is 15.3. The van der Waals surface area contributed by atoms with Crippen LogP contribution in [-0.4, -0.2) is 24.3 Å². The SMILES string of the molecule is CC(=O)c1ccccc1-c1ccc2c(c1)C[C@H](CNC(=O)c1occc1C)O2. The Kier molecular flexibility index (Phi) is 4.74. The van der Waals surface area contributed by atoms with Crippen LogP contribution >= 0.6 is 0 Å². The summed E-state index contributed by atoms with van der Waals surface area (Å²) in [5.41, 5.74) is 4.50. The number of nitrogens with one attached hydrogen (secondary N) is 1. The number of furan rings is 1. The molecule has 0 bridgehead atoms.